The van der Waals surface area contributed by atoms with Crippen molar-refractivity contribution in [3.63, 3.8) is 0 Å². The van der Waals surface area contributed by atoms with Crippen molar-refractivity contribution >= 4 is 21.8 Å². The molecule has 0 unspecified atom stereocenters. The van der Waals surface area contributed by atoms with E-state index in [1.54, 1.807) is 4.68 Å². The molecule has 0 aliphatic heterocycles. The fourth-order valence-electron chi connectivity index (χ4n) is 3.67. The highest BCUT2D eigenvalue weighted by atomic mass is 15.3. The molecule has 124 valence electrons. The number of aromatic nitrogens is 1. The molecule has 2 N–H and O–H groups in total. The third-order valence-electron chi connectivity index (χ3n) is 5.02. The molecule has 26 heavy (non-hydrogen) atoms. The topological polar surface area (TPSA) is 30.9 Å². The lowest BCUT2D eigenvalue weighted by molar-refractivity contribution is 1.12. The number of nitrogens with two attached hydrogens (primary N) is 1. The molecule has 0 aliphatic carbocycles. The summed E-state index contributed by atoms with van der Waals surface area (Å²) in [5, 5.41) is 2.36. The normalized spacial score (nSPS) is 11.2. The van der Waals surface area contributed by atoms with Crippen LogP contribution in [-0.2, 0) is 0 Å². The highest BCUT2D eigenvalue weighted by Gasteiger charge is 2.11. The van der Waals surface area contributed by atoms with Crippen LogP contribution in [0.5, 0.6) is 0 Å². The molecule has 0 bridgehead atoms. The lowest BCUT2D eigenvalue weighted by Gasteiger charge is -2.03. The van der Waals surface area contributed by atoms with E-state index in [0.717, 1.165) is 11.0 Å². The zero-order valence-corrected chi connectivity index (χ0v) is 14.3. The van der Waals surface area contributed by atoms with Crippen LogP contribution in [0, 0.1) is 0 Å². The second-order valence-electron chi connectivity index (χ2n) is 6.57. The minimum atomic E-state index is 1.05. The predicted octanol–water partition coefficient (Wildman–Crippen LogP) is 5.84. The van der Waals surface area contributed by atoms with Gasteiger partial charge in [0.15, 0.2) is 0 Å². The molecule has 0 saturated carbocycles. The van der Waals surface area contributed by atoms with Gasteiger partial charge in [0, 0.05) is 10.8 Å². The zero-order valence-electron chi connectivity index (χ0n) is 14.3. The molecule has 1 heterocycles. The van der Waals surface area contributed by atoms with Crippen LogP contribution in [0.25, 0.3) is 44.1 Å². The Hall–Kier alpha value is -3.52. The average molecular weight is 334 g/mol. The van der Waals surface area contributed by atoms with Crippen LogP contribution in [0.4, 0.5) is 0 Å². The molecule has 0 spiro atoms. The molecule has 1 aromatic heterocycles. The minimum absolute atomic E-state index is 1.05. The number of fused-ring (bicyclic) bond motifs is 3. The van der Waals surface area contributed by atoms with Crippen molar-refractivity contribution in [2.75, 3.05) is 5.84 Å². The standard InChI is InChI=1S/C24H18N2/c25-26-23-13-11-19(17-7-3-1-4-8-17)15-21(23)22-16-20(12-14-24(22)26)18-9-5-2-6-10-18/h1-16H,25H2. The first-order valence-corrected chi connectivity index (χ1v) is 8.75. The summed E-state index contributed by atoms with van der Waals surface area (Å²) in [5.41, 5.74) is 6.93. The Morgan fingerprint density at radius 1 is 0.462 bits per heavy atom. The summed E-state index contributed by atoms with van der Waals surface area (Å²) in [6, 6.07) is 33.9. The number of hydrogen-bond donors (Lipinski definition) is 1. The van der Waals surface area contributed by atoms with Crippen molar-refractivity contribution in [3.05, 3.63) is 97.1 Å². The maximum Gasteiger partial charge on any atom is 0.0704 e. The quantitative estimate of drug-likeness (QED) is 0.404. The highest BCUT2D eigenvalue weighted by molar-refractivity contribution is 6.10. The summed E-state index contributed by atoms with van der Waals surface area (Å²) in [7, 11) is 0. The maximum atomic E-state index is 6.37. The van der Waals surface area contributed by atoms with Gasteiger partial charge >= 0.3 is 0 Å². The summed E-state index contributed by atoms with van der Waals surface area (Å²) in [6.45, 7) is 0. The van der Waals surface area contributed by atoms with E-state index in [0.29, 0.717) is 0 Å². The molecule has 0 amide bonds. The molecule has 0 aliphatic rings. The van der Waals surface area contributed by atoms with Crippen molar-refractivity contribution in [2.45, 2.75) is 0 Å². The molecule has 0 fully saturated rings. The Labute approximate surface area is 152 Å². The predicted molar refractivity (Wildman–Crippen MR) is 110 cm³/mol. The minimum Gasteiger partial charge on any atom is -0.339 e. The third-order valence-corrected chi connectivity index (χ3v) is 5.02. The van der Waals surface area contributed by atoms with Crippen LogP contribution in [-0.4, -0.2) is 4.68 Å². The van der Waals surface area contributed by atoms with Crippen LogP contribution in [0.15, 0.2) is 97.1 Å². The fourth-order valence-corrected chi connectivity index (χ4v) is 3.67. The molecule has 2 heteroatoms. The van der Waals surface area contributed by atoms with Gasteiger partial charge in [-0.25, -0.2) is 0 Å². The van der Waals surface area contributed by atoms with Gasteiger partial charge in [-0.2, -0.15) is 0 Å². The summed E-state index contributed by atoms with van der Waals surface area (Å²) in [6.07, 6.45) is 0. The van der Waals surface area contributed by atoms with Crippen LogP contribution >= 0.6 is 0 Å². The lowest BCUT2D eigenvalue weighted by atomic mass is 10.0. The van der Waals surface area contributed by atoms with Gasteiger partial charge < -0.3 is 5.84 Å². The van der Waals surface area contributed by atoms with Crippen LogP contribution in [0.1, 0.15) is 0 Å². The first kappa shape index (κ1) is 14.8. The van der Waals surface area contributed by atoms with E-state index in [-0.39, 0.29) is 0 Å². The molecule has 0 radical (unpaired) electrons. The monoisotopic (exact) mass is 334 g/mol. The van der Waals surface area contributed by atoms with Crippen LogP contribution in [0.3, 0.4) is 0 Å². The number of nitrogens with zero attached hydrogens (tertiary/aromatic N) is 1. The van der Waals surface area contributed by atoms with Crippen LogP contribution in [0.2, 0.25) is 0 Å². The molecular formula is C24H18N2. The summed E-state index contributed by atoms with van der Waals surface area (Å²) < 4.78 is 1.79. The number of rotatable bonds is 2. The summed E-state index contributed by atoms with van der Waals surface area (Å²) >= 11 is 0. The molecule has 0 atom stereocenters. The number of hydrogen-bond acceptors (Lipinski definition) is 1. The van der Waals surface area contributed by atoms with Gasteiger partial charge in [-0.15, -0.1) is 0 Å². The van der Waals surface area contributed by atoms with E-state index in [1.165, 1.54) is 33.0 Å². The van der Waals surface area contributed by atoms with Crippen molar-refractivity contribution in [2.24, 2.45) is 0 Å². The van der Waals surface area contributed by atoms with E-state index >= 15 is 0 Å². The zero-order chi connectivity index (χ0) is 17.5. The largest absolute Gasteiger partial charge is 0.339 e. The third kappa shape index (κ3) is 2.27. The molecule has 5 aromatic rings. The Balaban J connectivity index is 1.78. The van der Waals surface area contributed by atoms with E-state index in [4.69, 9.17) is 5.84 Å². The second-order valence-corrected chi connectivity index (χ2v) is 6.57. The van der Waals surface area contributed by atoms with Gasteiger partial charge in [-0.05, 0) is 46.5 Å². The first-order chi connectivity index (χ1) is 12.8. The van der Waals surface area contributed by atoms with E-state index in [1.807, 2.05) is 12.1 Å². The van der Waals surface area contributed by atoms with E-state index in [2.05, 4.69) is 84.9 Å². The van der Waals surface area contributed by atoms with Crippen molar-refractivity contribution < 1.29 is 0 Å². The smallest absolute Gasteiger partial charge is 0.0704 e. The molecule has 0 saturated heterocycles. The fraction of sp³-hybridized carbons (Fsp3) is 0. The van der Waals surface area contributed by atoms with Gasteiger partial charge in [0.25, 0.3) is 0 Å². The Morgan fingerprint density at radius 3 is 1.31 bits per heavy atom. The van der Waals surface area contributed by atoms with Gasteiger partial charge in [0.1, 0.15) is 0 Å². The Kier molecular flexibility index (Phi) is 3.29. The van der Waals surface area contributed by atoms with Crippen molar-refractivity contribution in [1.29, 1.82) is 0 Å². The first-order valence-electron chi connectivity index (χ1n) is 8.75. The maximum absolute atomic E-state index is 6.37. The number of nitrogen functional groups attached to an aromatic ring is 1. The molecular weight excluding hydrogens is 316 g/mol. The molecule has 4 aromatic carbocycles. The van der Waals surface area contributed by atoms with Crippen LogP contribution < -0.4 is 5.84 Å². The van der Waals surface area contributed by atoms with Gasteiger partial charge in [0.05, 0.1) is 11.0 Å². The second kappa shape index (κ2) is 5.78. The average Bonchev–Trinajstić information content (AvgIpc) is 3.01. The van der Waals surface area contributed by atoms with Gasteiger partial charge in [-0.3, -0.25) is 4.68 Å². The van der Waals surface area contributed by atoms with E-state index < -0.39 is 0 Å². The molecule has 2 nitrogen and oxygen atoms in total. The summed E-state index contributed by atoms with van der Waals surface area (Å²) in [5.74, 6) is 6.37. The highest BCUT2D eigenvalue weighted by Crippen LogP contribution is 2.33. The number of benzene rings is 4. The molecule has 5 rings (SSSR count). The van der Waals surface area contributed by atoms with Gasteiger partial charge in [-0.1, -0.05) is 72.8 Å². The Bertz CT molecular complexity index is 1120. The van der Waals surface area contributed by atoms with Crippen molar-refractivity contribution in [1.82, 2.24) is 4.68 Å². The van der Waals surface area contributed by atoms with E-state index in [9.17, 15) is 0 Å². The Morgan fingerprint density at radius 2 is 0.885 bits per heavy atom. The SMILES string of the molecule is Nn1c2ccc(-c3ccccc3)cc2c2cc(-c3ccccc3)ccc21. The summed E-state index contributed by atoms with van der Waals surface area (Å²) in [4.78, 5) is 0. The lowest BCUT2D eigenvalue weighted by Crippen LogP contribution is -2.06. The van der Waals surface area contributed by atoms with Gasteiger partial charge in [0.2, 0.25) is 0 Å². The van der Waals surface area contributed by atoms with Crippen molar-refractivity contribution in [3.8, 4) is 22.3 Å².